The average Bonchev–Trinajstić information content (AvgIpc) is 2.40. The third kappa shape index (κ3) is 6.81. The topological polar surface area (TPSA) is 62.9 Å². The zero-order chi connectivity index (χ0) is 13.8. The molecular weight excluding hydrogens is 228 g/mol. The summed E-state index contributed by atoms with van der Waals surface area (Å²) in [5.74, 6) is 6.40. The standard InChI is InChI=1S/C13H30N4O/c1-5-7-10-17(12(3)6-2)13(16-14)15-9-8-11-18-4/h12H,5-11,14H2,1-4H3,(H,15,16). The number of methoxy groups -OCH3 is 1. The molecule has 108 valence electrons. The smallest absolute Gasteiger partial charge is 0.208 e. The van der Waals surface area contributed by atoms with Gasteiger partial charge in [-0.2, -0.15) is 0 Å². The molecule has 1 atom stereocenters. The van der Waals surface area contributed by atoms with E-state index >= 15 is 0 Å². The third-order valence-electron chi connectivity index (χ3n) is 3.04. The Morgan fingerprint density at radius 2 is 2.11 bits per heavy atom. The molecule has 5 nitrogen and oxygen atoms in total. The summed E-state index contributed by atoms with van der Waals surface area (Å²) >= 11 is 0. The molecule has 3 N–H and O–H groups in total. The number of unbranched alkanes of at least 4 members (excludes halogenated alkanes) is 1. The molecule has 0 aliphatic heterocycles. The number of aliphatic imine (C=N–C) groups is 1. The van der Waals surface area contributed by atoms with Crippen LogP contribution in [0.1, 0.15) is 46.5 Å². The van der Waals surface area contributed by atoms with Gasteiger partial charge in [0.2, 0.25) is 5.96 Å². The lowest BCUT2D eigenvalue weighted by atomic mass is 10.2. The maximum absolute atomic E-state index is 5.60. The summed E-state index contributed by atoms with van der Waals surface area (Å²) in [4.78, 5) is 6.79. The Bertz CT molecular complexity index is 221. The van der Waals surface area contributed by atoms with Crippen LogP contribution in [0.4, 0.5) is 0 Å². The molecule has 0 spiro atoms. The molecule has 0 bridgehead atoms. The molecule has 0 saturated carbocycles. The van der Waals surface area contributed by atoms with E-state index in [4.69, 9.17) is 10.6 Å². The van der Waals surface area contributed by atoms with Gasteiger partial charge in [-0.25, -0.2) is 5.84 Å². The lowest BCUT2D eigenvalue weighted by Gasteiger charge is -2.31. The summed E-state index contributed by atoms with van der Waals surface area (Å²) < 4.78 is 5.02. The number of guanidine groups is 1. The molecule has 0 amide bonds. The summed E-state index contributed by atoms with van der Waals surface area (Å²) in [5.41, 5.74) is 2.74. The van der Waals surface area contributed by atoms with Crippen LogP contribution < -0.4 is 11.3 Å². The van der Waals surface area contributed by atoms with Gasteiger partial charge in [-0.15, -0.1) is 0 Å². The van der Waals surface area contributed by atoms with Gasteiger partial charge in [0.25, 0.3) is 0 Å². The molecule has 0 aromatic carbocycles. The number of nitrogens with two attached hydrogens (primary N) is 1. The van der Waals surface area contributed by atoms with E-state index < -0.39 is 0 Å². The van der Waals surface area contributed by atoms with Gasteiger partial charge in [-0.3, -0.25) is 10.4 Å². The Balaban J connectivity index is 4.47. The molecule has 0 aromatic heterocycles. The van der Waals surface area contributed by atoms with Crippen molar-refractivity contribution in [1.29, 1.82) is 0 Å². The quantitative estimate of drug-likeness (QED) is 0.217. The Morgan fingerprint density at radius 1 is 1.39 bits per heavy atom. The number of nitrogens with one attached hydrogen (secondary N) is 1. The SMILES string of the molecule is CCCCN(C(=NCCCOC)NN)C(C)CC. The number of ether oxygens (including phenoxy) is 1. The normalized spacial score (nSPS) is 13.5. The van der Waals surface area contributed by atoms with Crippen LogP contribution in [0, 0.1) is 0 Å². The molecule has 0 radical (unpaired) electrons. The van der Waals surface area contributed by atoms with Crippen molar-refractivity contribution in [2.75, 3.05) is 26.8 Å². The molecule has 0 fully saturated rings. The molecule has 0 rings (SSSR count). The first kappa shape index (κ1) is 17.2. The Labute approximate surface area is 112 Å². The Kier molecular flexibility index (Phi) is 10.8. The number of hydrogen-bond acceptors (Lipinski definition) is 3. The van der Waals surface area contributed by atoms with Crippen molar-refractivity contribution in [3.8, 4) is 0 Å². The van der Waals surface area contributed by atoms with Crippen LogP contribution in [0.5, 0.6) is 0 Å². The molecule has 0 aromatic rings. The Hall–Kier alpha value is -0.810. The molecule has 0 aliphatic carbocycles. The predicted molar refractivity (Wildman–Crippen MR) is 77.5 cm³/mol. The minimum Gasteiger partial charge on any atom is -0.385 e. The third-order valence-corrected chi connectivity index (χ3v) is 3.04. The maximum atomic E-state index is 5.60. The van der Waals surface area contributed by atoms with Crippen LogP contribution >= 0.6 is 0 Å². The van der Waals surface area contributed by atoms with Gasteiger partial charge in [0.1, 0.15) is 0 Å². The van der Waals surface area contributed by atoms with Crippen LogP contribution in [0.25, 0.3) is 0 Å². The summed E-state index contributed by atoms with van der Waals surface area (Å²) in [6.07, 6.45) is 4.34. The van der Waals surface area contributed by atoms with Crippen molar-refractivity contribution in [2.24, 2.45) is 10.8 Å². The molecule has 0 saturated heterocycles. The number of hydrazine groups is 1. The minimum absolute atomic E-state index is 0.453. The van der Waals surface area contributed by atoms with Crippen LogP contribution in [0.3, 0.4) is 0 Å². The zero-order valence-electron chi connectivity index (χ0n) is 12.4. The van der Waals surface area contributed by atoms with Gasteiger partial charge in [0.05, 0.1) is 0 Å². The van der Waals surface area contributed by atoms with Crippen molar-refractivity contribution in [2.45, 2.75) is 52.5 Å². The summed E-state index contributed by atoms with van der Waals surface area (Å²) in [6, 6.07) is 0.453. The van der Waals surface area contributed by atoms with Crippen LogP contribution in [-0.2, 0) is 4.74 Å². The lowest BCUT2D eigenvalue weighted by molar-refractivity contribution is 0.196. The van der Waals surface area contributed by atoms with E-state index in [1.807, 2.05) is 0 Å². The summed E-state index contributed by atoms with van der Waals surface area (Å²) in [7, 11) is 1.71. The van der Waals surface area contributed by atoms with Gasteiger partial charge in [-0.1, -0.05) is 20.3 Å². The van der Waals surface area contributed by atoms with Crippen LogP contribution in [-0.4, -0.2) is 43.7 Å². The number of hydrogen-bond donors (Lipinski definition) is 2. The largest absolute Gasteiger partial charge is 0.385 e. The first-order valence-corrected chi connectivity index (χ1v) is 6.97. The highest BCUT2D eigenvalue weighted by molar-refractivity contribution is 5.79. The molecule has 0 heterocycles. The van der Waals surface area contributed by atoms with E-state index in [0.29, 0.717) is 6.04 Å². The van der Waals surface area contributed by atoms with E-state index in [1.165, 1.54) is 6.42 Å². The van der Waals surface area contributed by atoms with E-state index in [9.17, 15) is 0 Å². The van der Waals surface area contributed by atoms with Crippen molar-refractivity contribution in [3.05, 3.63) is 0 Å². The van der Waals surface area contributed by atoms with Crippen molar-refractivity contribution >= 4 is 5.96 Å². The van der Waals surface area contributed by atoms with Gasteiger partial charge in [0.15, 0.2) is 0 Å². The zero-order valence-corrected chi connectivity index (χ0v) is 12.4. The van der Waals surface area contributed by atoms with Crippen molar-refractivity contribution < 1.29 is 4.74 Å². The van der Waals surface area contributed by atoms with Crippen LogP contribution in [0.15, 0.2) is 4.99 Å². The molecule has 1 unspecified atom stereocenters. The van der Waals surface area contributed by atoms with Gasteiger partial charge < -0.3 is 9.64 Å². The predicted octanol–water partition coefficient (Wildman–Crippen LogP) is 1.74. The van der Waals surface area contributed by atoms with Crippen molar-refractivity contribution in [3.63, 3.8) is 0 Å². The van der Waals surface area contributed by atoms with Crippen molar-refractivity contribution in [1.82, 2.24) is 10.3 Å². The first-order chi connectivity index (χ1) is 8.71. The van der Waals surface area contributed by atoms with E-state index in [-0.39, 0.29) is 0 Å². The second kappa shape index (κ2) is 11.3. The average molecular weight is 258 g/mol. The highest BCUT2D eigenvalue weighted by Gasteiger charge is 2.15. The highest BCUT2D eigenvalue weighted by atomic mass is 16.5. The second-order valence-corrected chi connectivity index (χ2v) is 4.50. The first-order valence-electron chi connectivity index (χ1n) is 6.97. The fraction of sp³-hybridized carbons (Fsp3) is 0.923. The molecular formula is C13H30N4O. The maximum Gasteiger partial charge on any atom is 0.208 e. The van der Waals surface area contributed by atoms with E-state index in [1.54, 1.807) is 7.11 Å². The van der Waals surface area contributed by atoms with E-state index in [0.717, 1.165) is 44.9 Å². The molecule has 0 aliphatic rings. The van der Waals surface area contributed by atoms with Gasteiger partial charge >= 0.3 is 0 Å². The summed E-state index contributed by atoms with van der Waals surface area (Å²) in [5, 5.41) is 0. The highest BCUT2D eigenvalue weighted by Crippen LogP contribution is 2.06. The monoisotopic (exact) mass is 258 g/mol. The van der Waals surface area contributed by atoms with Gasteiger partial charge in [0, 0.05) is 32.8 Å². The summed E-state index contributed by atoms with van der Waals surface area (Å²) in [6.45, 7) is 9.06. The number of nitrogens with zero attached hydrogens (tertiary/aromatic N) is 2. The van der Waals surface area contributed by atoms with Crippen LogP contribution in [0.2, 0.25) is 0 Å². The molecule has 18 heavy (non-hydrogen) atoms. The van der Waals surface area contributed by atoms with E-state index in [2.05, 4.69) is 36.1 Å². The number of rotatable bonds is 9. The fourth-order valence-electron chi connectivity index (χ4n) is 1.70. The Morgan fingerprint density at radius 3 is 2.61 bits per heavy atom. The van der Waals surface area contributed by atoms with Gasteiger partial charge in [-0.05, 0) is 26.2 Å². The second-order valence-electron chi connectivity index (χ2n) is 4.50. The molecule has 5 heteroatoms. The fourth-order valence-corrected chi connectivity index (χ4v) is 1.70. The lowest BCUT2D eigenvalue weighted by Crippen LogP contribution is -2.49. The minimum atomic E-state index is 0.453.